The molecule has 0 radical (unpaired) electrons. The second-order valence-electron chi connectivity index (χ2n) is 7.38. The molecule has 27 heavy (non-hydrogen) atoms. The first-order valence-electron chi connectivity index (χ1n) is 9.24. The summed E-state index contributed by atoms with van der Waals surface area (Å²) in [4.78, 5) is 40.5. The van der Waals surface area contributed by atoms with Gasteiger partial charge in [-0.2, -0.15) is 0 Å². The zero-order valence-electron chi connectivity index (χ0n) is 15.6. The molecule has 146 valence electrons. The lowest BCUT2D eigenvalue weighted by Crippen LogP contribution is -2.53. The molecule has 0 spiro atoms. The van der Waals surface area contributed by atoms with Gasteiger partial charge >= 0.3 is 6.03 Å². The molecule has 3 rings (SSSR count). The van der Waals surface area contributed by atoms with E-state index in [0.29, 0.717) is 24.5 Å². The zero-order chi connectivity index (χ0) is 19.6. The second kappa shape index (κ2) is 7.76. The van der Waals surface area contributed by atoms with Gasteiger partial charge in [-0.05, 0) is 30.5 Å². The average Bonchev–Trinajstić information content (AvgIpc) is 2.94. The van der Waals surface area contributed by atoms with E-state index < -0.39 is 11.6 Å². The number of rotatable bonds is 5. The fraction of sp³-hybridized carbons (Fsp3) is 0.526. The molecule has 2 fully saturated rings. The van der Waals surface area contributed by atoms with Gasteiger partial charge in [0.15, 0.2) is 0 Å². The zero-order valence-corrected chi connectivity index (χ0v) is 16.4. The molecule has 0 bridgehead atoms. The number of benzene rings is 1. The van der Waals surface area contributed by atoms with E-state index in [4.69, 9.17) is 11.6 Å². The van der Waals surface area contributed by atoms with Gasteiger partial charge in [-0.15, -0.1) is 0 Å². The Hall–Kier alpha value is -2.28. The standard InChI is InChI=1S/C19H25ClN4O3/c1-13(2)19(17(26)21-18(27)22-19)7-6-16(25)24-10-8-23(9-11-24)15-5-3-4-14(20)12-15/h3-5,12-13H,6-11H2,1-2H3,(H2,21,22,26,27)/t19-/m1/s1. The van der Waals surface area contributed by atoms with Crippen molar-refractivity contribution in [3.63, 3.8) is 0 Å². The third-order valence-electron chi connectivity index (χ3n) is 5.49. The van der Waals surface area contributed by atoms with Crippen molar-refractivity contribution < 1.29 is 14.4 Å². The molecule has 2 aliphatic rings. The van der Waals surface area contributed by atoms with Crippen molar-refractivity contribution in [1.29, 1.82) is 0 Å². The molecule has 0 unspecified atom stereocenters. The molecule has 2 saturated heterocycles. The largest absolute Gasteiger partial charge is 0.368 e. The fourth-order valence-corrected chi connectivity index (χ4v) is 3.91. The first-order chi connectivity index (χ1) is 12.8. The summed E-state index contributed by atoms with van der Waals surface area (Å²) in [6.07, 6.45) is 0.526. The Bertz CT molecular complexity index is 746. The SMILES string of the molecule is CC(C)[C@@]1(CCC(=O)N2CCN(c3cccc(Cl)c3)CC2)NC(=O)NC1=O. The van der Waals surface area contributed by atoms with Crippen molar-refractivity contribution in [2.45, 2.75) is 32.2 Å². The number of carbonyl (C=O) groups is 3. The number of nitrogens with one attached hydrogen (secondary N) is 2. The molecule has 1 atom stereocenters. The number of halogens is 1. The van der Waals surface area contributed by atoms with Crippen LogP contribution in [0.25, 0.3) is 0 Å². The number of urea groups is 1. The second-order valence-corrected chi connectivity index (χ2v) is 7.82. The van der Waals surface area contributed by atoms with Crippen molar-refractivity contribution in [2.24, 2.45) is 5.92 Å². The summed E-state index contributed by atoms with van der Waals surface area (Å²) in [5.74, 6) is -0.438. The Kier molecular flexibility index (Phi) is 5.60. The van der Waals surface area contributed by atoms with E-state index in [9.17, 15) is 14.4 Å². The average molecular weight is 393 g/mol. The van der Waals surface area contributed by atoms with E-state index in [1.807, 2.05) is 43.0 Å². The van der Waals surface area contributed by atoms with Crippen LogP contribution in [0.5, 0.6) is 0 Å². The summed E-state index contributed by atoms with van der Waals surface area (Å²) in [5, 5.41) is 5.70. The summed E-state index contributed by atoms with van der Waals surface area (Å²) in [5.41, 5.74) is 0.0497. The molecule has 8 heteroatoms. The van der Waals surface area contributed by atoms with E-state index in [0.717, 1.165) is 18.8 Å². The van der Waals surface area contributed by atoms with E-state index >= 15 is 0 Å². The monoisotopic (exact) mass is 392 g/mol. The molecule has 1 aromatic carbocycles. The van der Waals surface area contributed by atoms with Gasteiger partial charge < -0.3 is 15.1 Å². The number of nitrogens with zero attached hydrogens (tertiary/aromatic N) is 2. The molecule has 0 aliphatic carbocycles. The van der Waals surface area contributed by atoms with Crippen LogP contribution in [0.1, 0.15) is 26.7 Å². The maximum atomic E-state index is 12.6. The predicted octanol–water partition coefficient (Wildman–Crippen LogP) is 2.00. The topological polar surface area (TPSA) is 81.8 Å². The number of carbonyl (C=O) groups excluding carboxylic acids is 3. The minimum Gasteiger partial charge on any atom is -0.368 e. The molecule has 4 amide bonds. The highest BCUT2D eigenvalue weighted by Gasteiger charge is 2.48. The van der Waals surface area contributed by atoms with Crippen LogP contribution in [0.4, 0.5) is 10.5 Å². The van der Waals surface area contributed by atoms with Gasteiger partial charge in [0.05, 0.1) is 0 Å². The molecule has 7 nitrogen and oxygen atoms in total. The Balaban J connectivity index is 1.55. The maximum Gasteiger partial charge on any atom is 0.322 e. The molecule has 2 aliphatic heterocycles. The van der Waals surface area contributed by atoms with Crippen LogP contribution < -0.4 is 15.5 Å². The highest BCUT2D eigenvalue weighted by atomic mass is 35.5. The minimum atomic E-state index is -1.00. The quantitative estimate of drug-likeness (QED) is 0.751. The van der Waals surface area contributed by atoms with E-state index in [1.165, 1.54) is 0 Å². The van der Waals surface area contributed by atoms with Gasteiger partial charge in [0.1, 0.15) is 5.54 Å². The van der Waals surface area contributed by atoms with Gasteiger partial charge in [0, 0.05) is 43.3 Å². The van der Waals surface area contributed by atoms with Gasteiger partial charge in [0.2, 0.25) is 5.91 Å². The summed E-state index contributed by atoms with van der Waals surface area (Å²) >= 11 is 6.05. The third-order valence-corrected chi connectivity index (χ3v) is 5.73. The summed E-state index contributed by atoms with van der Waals surface area (Å²) in [6.45, 7) is 6.47. The first kappa shape index (κ1) is 19.5. The number of piperazine rings is 1. The van der Waals surface area contributed by atoms with Gasteiger partial charge in [-0.3, -0.25) is 14.9 Å². The summed E-state index contributed by atoms with van der Waals surface area (Å²) < 4.78 is 0. The Labute approximate surface area is 164 Å². The van der Waals surface area contributed by atoms with Crippen molar-refractivity contribution in [3.05, 3.63) is 29.3 Å². The van der Waals surface area contributed by atoms with Crippen molar-refractivity contribution in [1.82, 2.24) is 15.5 Å². The molecule has 2 heterocycles. The van der Waals surface area contributed by atoms with Crippen LogP contribution in [-0.4, -0.2) is 54.5 Å². The number of hydrogen-bond acceptors (Lipinski definition) is 4. The van der Waals surface area contributed by atoms with Gasteiger partial charge in [0.25, 0.3) is 5.91 Å². The highest BCUT2D eigenvalue weighted by Crippen LogP contribution is 2.27. The van der Waals surface area contributed by atoms with Crippen molar-refractivity contribution in [3.8, 4) is 0 Å². The molecule has 0 aromatic heterocycles. The summed E-state index contributed by atoms with van der Waals surface area (Å²) in [7, 11) is 0. The van der Waals surface area contributed by atoms with E-state index in [-0.39, 0.29) is 24.2 Å². The summed E-state index contributed by atoms with van der Waals surface area (Å²) in [6, 6.07) is 7.20. The van der Waals surface area contributed by atoms with E-state index in [2.05, 4.69) is 15.5 Å². The molecule has 2 N–H and O–H groups in total. The van der Waals surface area contributed by atoms with Crippen LogP contribution in [0.15, 0.2) is 24.3 Å². The fourth-order valence-electron chi connectivity index (χ4n) is 3.73. The van der Waals surface area contributed by atoms with Crippen molar-refractivity contribution in [2.75, 3.05) is 31.1 Å². The molecule has 0 saturated carbocycles. The van der Waals surface area contributed by atoms with Crippen LogP contribution in [0.3, 0.4) is 0 Å². The van der Waals surface area contributed by atoms with Crippen LogP contribution in [-0.2, 0) is 9.59 Å². The normalized spacial score (nSPS) is 22.8. The Morgan fingerprint density at radius 3 is 2.48 bits per heavy atom. The molecule has 1 aromatic rings. The minimum absolute atomic E-state index is 0.00900. The maximum absolute atomic E-state index is 12.6. The van der Waals surface area contributed by atoms with Gasteiger partial charge in [-0.25, -0.2) is 4.79 Å². The highest BCUT2D eigenvalue weighted by molar-refractivity contribution is 6.30. The lowest BCUT2D eigenvalue weighted by molar-refractivity contribution is -0.132. The third kappa shape index (κ3) is 4.03. The number of hydrogen-bond donors (Lipinski definition) is 2. The predicted molar refractivity (Wildman–Crippen MR) is 104 cm³/mol. The molecular weight excluding hydrogens is 368 g/mol. The first-order valence-corrected chi connectivity index (χ1v) is 9.61. The van der Waals surface area contributed by atoms with Crippen LogP contribution in [0.2, 0.25) is 5.02 Å². The molecular formula is C19H25ClN4O3. The lowest BCUT2D eigenvalue weighted by atomic mass is 9.82. The smallest absolute Gasteiger partial charge is 0.322 e. The number of amides is 4. The van der Waals surface area contributed by atoms with E-state index in [1.54, 1.807) is 0 Å². The number of imide groups is 1. The lowest BCUT2D eigenvalue weighted by Gasteiger charge is -2.37. The van der Waals surface area contributed by atoms with Crippen molar-refractivity contribution >= 4 is 35.1 Å². The number of anilines is 1. The van der Waals surface area contributed by atoms with Crippen LogP contribution >= 0.6 is 11.6 Å². The van der Waals surface area contributed by atoms with Crippen LogP contribution in [0, 0.1) is 5.92 Å². The van der Waals surface area contributed by atoms with Gasteiger partial charge in [-0.1, -0.05) is 31.5 Å². The Morgan fingerprint density at radius 2 is 1.93 bits per heavy atom. The Morgan fingerprint density at radius 1 is 1.22 bits per heavy atom.